The van der Waals surface area contributed by atoms with Crippen molar-refractivity contribution < 1.29 is 14.3 Å². The van der Waals surface area contributed by atoms with Crippen molar-refractivity contribution in [2.75, 3.05) is 13.2 Å². The summed E-state index contributed by atoms with van der Waals surface area (Å²) < 4.78 is 5.38. The lowest BCUT2D eigenvalue weighted by atomic mass is 10.1. The summed E-state index contributed by atoms with van der Waals surface area (Å²) in [6, 6.07) is 6.95. The number of nitrogens with one attached hydrogen (secondary N) is 1. The van der Waals surface area contributed by atoms with Crippen LogP contribution in [0.25, 0.3) is 0 Å². The molecule has 4 nitrogen and oxygen atoms in total. The van der Waals surface area contributed by atoms with Crippen molar-refractivity contribution in [2.24, 2.45) is 5.92 Å². The van der Waals surface area contributed by atoms with E-state index in [1.807, 2.05) is 0 Å². The van der Waals surface area contributed by atoms with E-state index in [2.05, 4.69) is 5.32 Å². The van der Waals surface area contributed by atoms with E-state index >= 15 is 0 Å². The van der Waals surface area contributed by atoms with Crippen molar-refractivity contribution in [1.29, 1.82) is 0 Å². The number of hydrogen-bond donors (Lipinski definition) is 1. The molecule has 96 valence electrons. The van der Waals surface area contributed by atoms with Gasteiger partial charge in [0.2, 0.25) is 0 Å². The maximum absolute atomic E-state index is 11.5. The van der Waals surface area contributed by atoms with E-state index in [1.165, 1.54) is 19.8 Å². The Balaban J connectivity index is 1.84. The minimum Gasteiger partial charge on any atom is -0.483 e. The highest BCUT2D eigenvalue weighted by Crippen LogP contribution is 2.27. The summed E-state index contributed by atoms with van der Waals surface area (Å²) in [5, 5.41) is 2.81. The number of hydrogen-bond acceptors (Lipinski definition) is 3. The van der Waals surface area contributed by atoms with E-state index in [0.29, 0.717) is 17.2 Å². The monoisotopic (exact) mass is 247 g/mol. The number of benzene rings is 1. The van der Waals surface area contributed by atoms with Crippen LogP contribution < -0.4 is 10.1 Å². The molecule has 1 aromatic rings. The fourth-order valence-corrected chi connectivity index (χ4v) is 1.66. The molecule has 18 heavy (non-hydrogen) atoms. The molecular formula is C14H17NO3. The molecule has 0 unspecified atom stereocenters. The third kappa shape index (κ3) is 3.58. The van der Waals surface area contributed by atoms with Crippen molar-refractivity contribution in [3.63, 3.8) is 0 Å². The predicted molar refractivity (Wildman–Crippen MR) is 67.7 cm³/mol. The first kappa shape index (κ1) is 12.6. The van der Waals surface area contributed by atoms with E-state index in [4.69, 9.17) is 4.74 Å². The Kier molecular flexibility index (Phi) is 3.97. The van der Waals surface area contributed by atoms with E-state index < -0.39 is 0 Å². The number of Topliss-reactive ketones (excluding diaryl/α,β-unsaturated/α-hetero) is 1. The molecule has 0 atom stereocenters. The van der Waals surface area contributed by atoms with E-state index in [-0.39, 0.29) is 18.3 Å². The zero-order chi connectivity index (χ0) is 13.0. The average Bonchev–Trinajstić information content (AvgIpc) is 3.18. The van der Waals surface area contributed by atoms with Gasteiger partial charge in [-0.1, -0.05) is 12.1 Å². The summed E-state index contributed by atoms with van der Waals surface area (Å²) in [5.74, 6) is 0.911. The van der Waals surface area contributed by atoms with Gasteiger partial charge in [-0.15, -0.1) is 0 Å². The normalized spacial score (nSPS) is 14.1. The number of ether oxygens (including phenoxy) is 1. The van der Waals surface area contributed by atoms with Crippen molar-refractivity contribution >= 4 is 11.7 Å². The van der Waals surface area contributed by atoms with Crippen LogP contribution in [0.15, 0.2) is 24.3 Å². The maximum atomic E-state index is 11.5. The molecule has 1 fully saturated rings. The van der Waals surface area contributed by atoms with Gasteiger partial charge >= 0.3 is 0 Å². The summed E-state index contributed by atoms with van der Waals surface area (Å²) in [7, 11) is 0. The van der Waals surface area contributed by atoms with Gasteiger partial charge in [0, 0.05) is 6.54 Å². The topological polar surface area (TPSA) is 55.4 Å². The van der Waals surface area contributed by atoms with Gasteiger partial charge in [0.25, 0.3) is 5.91 Å². The molecule has 1 aromatic carbocycles. The Morgan fingerprint density at radius 2 is 2.06 bits per heavy atom. The summed E-state index contributed by atoms with van der Waals surface area (Å²) in [5.41, 5.74) is 0.507. The number of rotatable bonds is 6. The van der Waals surface area contributed by atoms with Gasteiger partial charge < -0.3 is 10.1 Å². The smallest absolute Gasteiger partial charge is 0.257 e. The minimum absolute atomic E-state index is 0.0446. The fraction of sp³-hybridized carbons (Fsp3) is 0.429. The molecule has 0 spiro atoms. The van der Waals surface area contributed by atoms with Crippen LogP contribution in [-0.4, -0.2) is 24.8 Å². The van der Waals surface area contributed by atoms with Gasteiger partial charge in [0.05, 0.1) is 5.56 Å². The Morgan fingerprint density at radius 1 is 1.33 bits per heavy atom. The molecule has 4 heteroatoms. The third-order valence-electron chi connectivity index (χ3n) is 2.91. The highest BCUT2D eigenvalue weighted by molar-refractivity contribution is 5.96. The van der Waals surface area contributed by atoms with Crippen LogP contribution in [0.1, 0.15) is 30.1 Å². The van der Waals surface area contributed by atoms with Gasteiger partial charge in [-0.05, 0) is 37.8 Å². The fourth-order valence-electron chi connectivity index (χ4n) is 1.66. The summed E-state index contributed by atoms with van der Waals surface area (Å²) in [6.07, 6.45) is 2.41. The molecule has 0 aromatic heterocycles. The van der Waals surface area contributed by atoms with Crippen molar-refractivity contribution in [3.8, 4) is 5.75 Å². The van der Waals surface area contributed by atoms with Crippen LogP contribution in [0.3, 0.4) is 0 Å². The molecule has 1 aliphatic rings. The largest absolute Gasteiger partial charge is 0.483 e. The van der Waals surface area contributed by atoms with E-state index in [1.54, 1.807) is 24.3 Å². The lowest BCUT2D eigenvalue weighted by Crippen LogP contribution is -2.30. The molecule has 0 bridgehead atoms. The van der Waals surface area contributed by atoms with Gasteiger partial charge in [0.1, 0.15) is 5.75 Å². The van der Waals surface area contributed by atoms with Crippen LogP contribution in [0.5, 0.6) is 5.75 Å². The molecule has 2 rings (SSSR count). The zero-order valence-electron chi connectivity index (χ0n) is 10.4. The first-order valence-corrected chi connectivity index (χ1v) is 6.16. The molecule has 1 aliphatic carbocycles. The van der Waals surface area contributed by atoms with Crippen LogP contribution >= 0.6 is 0 Å². The molecule has 0 aliphatic heterocycles. The lowest BCUT2D eigenvalue weighted by molar-refractivity contribution is -0.123. The second-order valence-electron chi connectivity index (χ2n) is 4.59. The quantitative estimate of drug-likeness (QED) is 0.780. The highest BCUT2D eigenvalue weighted by Gasteiger charge is 2.21. The van der Waals surface area contributed by atoms with Gasteiger partial charge in [-0.2, -0.15) is 0 Å². The number of carbonyl (C=O) groups is 2. The molecule has 0 radical (unpaired) electrons. The molecule has 0 saturated heterocycles. The second kappa shape index (κ2) is 5.67. The summed E-state index contributed by atoms with van der Waals surface area (Å²) >= 11 is 0. The van der Waals surface area contributed by atoms with E-state index in [0.717, 1.165) is 6.54 Å². The lowest BCUT2D eigenvalue weighted by Gasteiger charge is -2.09. The Bertz CT molecular complexity index is 452. The molecule has 0 heterocycles. The second-order valence-corrected chi connectivity index (χ2v) is 4.59. The Morgan fingerprint density at radius 3 is 2.72 bits per heavy atom. The minimum atomic E-state index is -0.139. The molecular weight excluding hydrogens is 230 g/mol. The van der Waals surface area contributed by atoms with Crippen molar-refractivity contribution in [2.45, 2.75) is 19.8 Å². The molecule has 1 saturated carbocycles. The number of carbonyl (C=O) groups excluding carboxylic acids is 2. The van der Waals surface area contributed by atoms with Crippen LogP contribution in [0, 0.1) is 5.92 Å². The molecule has 1 amide bonds. The van der Waals surface area contributed by atoms with Gasteiger partial charge in [-0.3, -0.25) is 9.59 Å². The number of amides is 1. The van der Waals surface area contributed by atoms with Crippen LogP contribution in [-0.2, 0) is 4.79 Å². The average molecular weight is 247 g/mol. The first-order valence-electron chi connectivity index (χ1n) is 6.16. The Hall–Kier alpha value is -1.84. The van der Waals surface area contributed by atoms with Gasteiger partial charge in [0.15, 0.2) is 12.4 Å². The number of ketones is 1. The summed E-state index contributed by atoms with van der Waals surface area (Å²) in [6.45, 7) is 2.17. The maximum Gasteiger partial charge on any atom is 0.257 e. The number of para-hydroxylation sites is 1. The predicted octanol–water partition coefficient (Wildman–Crippen LogP) is 1.79. The van der Waals surface area contributed by atoms with Crippen LogP contribution in [0.4, 0.5) is 0 Å². The highest BCUT2D eigenvalue weighted by atomic mass is 16.5. The van der Waals surface area contributed by atoms with Crippen LogP contribution in [0.2, 0.25) is 0 Å². The SMILES string of the molecule is CC(=O)c1ccccc1OCC(=O)NCC1CC1. The molecule has 1 N–H and O–H groups in total. The van der Waals surface area contributed by atoms with Gasteiger partial charge in [-0.25, -0.2) is 0 Å². The first-order chi connectivity index (χ1) is 8.66. The Labute approximate surface area is 106 Å². The third-order valence-corrected chi connectivity index (χ3v) is 2.91. The van der Waals surface area contributed by atoms with Crippen molar-refractivity contribution in [1.82, 2.24) is 5.32 Å². The van der Waals surface area contributed by atoms with E-state index in [9.17, 15) is 9.59 Å². The zero-order valence-corrected chi connectivity index (χ0v) is 10.4. The summed E-state index contributed by atoms with van der Waals surface area (Å²) in [4.78, 5) is 22.9. The standard InChI is InChI=1S/C14H17NO3/c1-10(16)12-4-2-3-5-13(12)18-9-14(17)15-8-11-6-7-11/h2-5,11H,6-9H2,1H3,(H,15,17). The van der Waals surface area contributed by atoms with Crippen molar-refractivity contribution in [3.05, 3.63) is 29.8 Å².